The topological polar surface area (TPSA) is 48.1 Å². The molecule has 2 aliphatic heterocycles. The summed E-state index contributed by atoms with van der Waals surface area (Å²) in [4.78, 5) is 19.3. The van der Waals surface area contributed by atoms with Crippen molar-refractivity contribution in [1.29, 1.82) is 0 Å². The maximum atomic E-state index is 12.7. The highest BCUT2D eigenvalue weighted by molar-refractivity contribution is 5.89. The zero-order valence-corrected chi connectivity index (χ0v) is 17.4. The van der Waals surface area contributed by atoms with Crippen molar-refractivity contribution in [3.05, 3.63) is 48.0 Å². The van der Waals surface area contributed by atoms with Crippen molar-refractivity contribution >= 4 is 23.1 Å². The Morgan fingerprint density at radius 1 is 0.897 bits per heavy atom. The van der Waals surface area contributed by atoms with E-state index >= 15 is 0 Å². The Kier molecular flexibility index (Phi) is 5.79. The normalized spacial score (nSPS) is 16.8. The minimum atomic E-state index is -0.0326. The molecule has 0 bridgehead atoms. The van der Waals surface area contributed by atoms with Crippen LogP contribution in [0.5, 0.6) is 5.75 Å². The van der Waals surface area contributed by atoms with E-state index in [1.165, 1.54) is 24.1 Å². The molecular formula is C23H30N4O2. The molecule has 2 saturated heterocycles. The molecule has 4 rings (SSSR count). The van der Waals surface area contributed by atoms with Crippen LogP contribution in [0.2, 0.25) is 0 Å². The van der Waals surface area contributed by atoms with Gasteiger partial charge in [-0.25, -0.2) is 4.79 Å². The van der Waals surface area contributed by atoms with E-state index in [2.05, 4.69) is 46.3 Å². The van der Waals surface area contributed by atoms with Crippen molar-refractivity contribution < 1.29 is 9.53 Å². The molecular weight excluding hydrogens is 364 g/mol. The second-order valence-corrected chi connectivity index (χ2v) is 7.82. The molecule has 2 heterocycles. The van der Waals surface area contributed by atoms with Crippen LogP contribution in [0, 0.1) is 6.92 Å². The van der Waals surface area contributed by atoms with Gasteiger partial charge in [0.05, 0.1) is 12.8 Å². The Balaban J connectivity index is 1.33. The molecule has 0 radical (unpaired) electrons. The van der Waals surface area contributed by atoms with Gasteiger partial charge in [-0.3, -0.25) is 0 Å². The largest absolute Gasteiger partial charge is 0.495 e. The quantitative estimate of drug-likeness (QED) is 0.853. The summed E-state index contributed by atoms with van der Waals surface area (Å²) >= 11 is 0. The molecule has 0 aliphatic carbocycles. The zero-order valence-electron chi connectivity index (χ0n) is 17.4. The summed E-state index contributed by atoms with van der Waals surface area (Å²) in [6.07, 6.45) is 2.53. The molecule has 6 heteroatoms. The highest BCUT2D eigenvalue weighted by Gasteiger charge is 2.23. The Morgan fingerprint density at radius 3 is 2.24 bits per heavy atom. The van der Waals surface area contributed by atoms with Crippen LogP contribution in [0.3, 0.4) is 0 Å². The number of urea groups is 1. The molecule has 154 valence electrons. The molecule has 6 nitrogen and oxygen atoms in total. The summed E-state index contributed by atoms with van der Waals surface area (Å²) in [5.74, 6) is 0.881. The number of hydrogen-bond acceptors (Lipinski definition) is 4. The number of amides is 2. The third-order valence-corrected chi connectivity index (χ3v) is 5.83. The molecule has 0 aromatic heterocycles. The lowest BCUT2D eigenvalue weighted by atomic mass is 10.1. The third-order valence-electron chi connectivity index (χ3n) is 5.83. The number of benzene rings is 2. The average Bonchev–Trinajstić information content (AvgIpc) is 3.29. The summed E-state index contributed by atoms with van der Waals surface area (Å²) < 4.78 is 5.52. The van der Waals surface area contributed by atoms with E-state index in [1.54, 1.807) is 7.11 Å². The number of rotatable bonds is 4. The molecule has 2 aromatic carbocycles. The maximum Gasteiger partial charge on any atom is 0.321 e. The molecule has 0 unspecified atom stereocenters. The van der Waals surface area contributed by atoms with Gasteiger partial charge in [0.15, 0.2) is 0 Å². The van der Waals surface area contributed by atoms with Gasteiger partial charge in [-0.15, -0.1) is 0 Å². The van der Waals surface area contributed by atoms with Gasteiger partial charge in [0.2, 0.25) is 0 Å². The van der Waals surface area contributed by atoms with Crippen LogP contribution >= 0.6 is 0 Å². The van der Waals surface area contributed by atoms with E-state index in [-0.39, 0.29) is 6.03 Å². The minimum absolute atomic E-state index is 0.0326. The zero-order chi connectivity index (χ0) is 20.2. The van der Waals surface area contributed by atoms with Gasteiger partial charge >= 0.3 is 6.03 Å². The smallest absolute Gasteiger partial charge is 0.321 e. The SMILES string of the molecule is COc1ccc(C)cc1N1CCN(C(=O)Nc2ccc(N3CCCC3)cc2)CC1. The molecule has 2 amide bonds. The molecule has 2 aromatic rings. The first-order valence-corrected chi connectivity index (χ1v) is 10.4. The highest BCUT2D eigenvalue weighted by Crippen LogP contribution is 2.30. The fourth-order valence-corrected chi connectivity index (χ4v) is 4.13. The number of ether oxygens (including phenoxy) is 1. The summed E-state index contributed by atoms with van der Waals surface area (Å²) in [6.45, 7) is 7.30. The number of carbonyl (C=O) groups is 1. The highest BCUT2D eigenvalue weighted by atomic mass is 16.5. The van der Waals surface area contributed by atoms with Gasteiger partial charge in [-0.05, 0) is 61.7 Å². The van der Waals surface area contributed by atoms with Crippen LogP contribution in [0.15, 0.2) is 42.5 Å². The van der Waals surface area contributed by atoms with Crippen LogP contribution in [0.25, 0.3) is 0 Å². The van der Waals surface area contributed by atoms with Crippen LogP contribution in [0.4, 0.5) is 21.9 Å². The van der Waals surface area contributed by atoms with E-state index in [9.17, 15) is 4.79 Å². The molecule has 2 fully saturated rings. The molecule has 0 spiro atoms. The van der Waals surface area contributed by atoms with Crippen molar-refractivity contribution in [3.63, 3.8) is 0 Å². The molecule has 2 aliphatic rings. The van der Waals surface area contributed by atoms with E-state index in [0.717, 1.165) is 43.3 Å². The van der Waals surface area contributed by atoms with Crippen molar-refractivity contribution in [1.82, 2.24) is 4.90 Å². The van der Waals surface area contributed by atoms with E-state index in [4.69, 9.17) is 4.74 Å². The predicted molar refractivity (Wildman–Crippen MR) is 118 cm³/mol. The van der Waals surface area contributed by atoms with Crippen molar-refractivity contribution in [2.45, 2.75) is 19.8 Å². The second kappa shape index (κ2) is 8.64. The summed E-state index contributed by atoms with van der Waals surface area (Å²) in [5.41, 5.74) is 4.39. The van der Waals surface area contributed by atoms with E-state index in [1.807, 2.05) is 23.1 Å². The Hall–Kier alpha value is -2.89. The first-order chi connectivity index (χ1) is 14.1. The fraction of sp³-hybridized carbons (Fsp3) is 0.435. The van der Waals surface area contributed by atoms with Gasteiger partial charge in [0.1, 0.15) is 5.75 Å². The lowest BCUT2D eigenvalue weighted by Gasteiger charge is -2.36. The van der Waals surface area contributed by atoms with Gasteiger partial charge < -0.3 is 24.8 Å². The maximum absolute atomic E-state index is 12.7. The second-order valence-electron chi connectivity index (χ2n) is 7.82. The number of methoxy groups -OCH3 is 1. The van der Waals surface area contributed by atoms with Crippen LogP contribution in [0.1, 0.15) is 18.4 Å². The van der Waals surface area contributed by atoms with Crippen LogP contribution in [-0.4, -0.2) is 57.3 Å². The lowest BCUT2D eigenvalue weighted by molar-refractivity contribution is 0.208. The van der Waals surface area contributed by atoms with E-state index in [0.29, 0.717) is 13.1 Å². The number of carbonyl (C=O) groups excluding carboxylic acids is 1. The third kappa shape index (κ3) is 4.42. The first kappa shape index (κ1) is 19.4. The molecule has 0 saturated carbocycles. The molecule has 0 atom stereocenters. The summed E-state index contributed by atoms with van der Waals surface area (Å²) in [5, 5.41) is 3.04. The van der Waals surface area contributed by atoms with Gasteiger partial charge in [-0.2, -0.15) is 0 Å². The van der Waals surface area contributed by atoms with Gasteiger partial charge in [-0.1, -0.05) is 6.07 Å². The van der Waals surface area contributed by atoms with Crippen LogP contribution in [-0.2, 0) is 0 Å². The fourth-order valence-electron chi connectivity index (χ4n) is 4.13. The van der Waals surface area contributed by atoms with Gasteiger partial charge in [0, 0.05) is 50.6 Å². The molecule has 29 heavy (non-hydrogen) atoms. The number of piperazine rings is 1. The predicted octanol–water partition coefficient (Wildman–Crippen LogP) is 3.96. The number of nitrogens with one attached hydrogen (secondary N) is 1. The number of anilines is 3. The first-order valence-electron chi connectivity index (χ1n) is 10.4. The minimum Gasteiger partial charge on any atom is -0.495 e. The standard InChI is InChI=1S/C23H30N4O2/c1-18-5-10-22(29-2)21(17-18)26-13-15-27(16-14-26)23(28)24-19-6-8-20(9-7-19)25-11-3-4-12-25/h5-10,17H,3-4,11-16H2,1-2H3,(H,24,28). The van der Waals surface area contributed by atoms with Crippen molar-refractivity contribution in [3.8, 4) is 5.75 Å². The van der Waals surface area contributed by atoms with Crippen LogP contribution < -0.4 is 19.9 Å². The van der Waals surface area contributed by atoms with Crippen molar-refractivity contribution in [2.24, 2.45) is 0 Å². The summed E-state index contributed by atoms with van der Waals surface area (Å²) in [6, 6.07) is 14.4. The Morgan fingerprint density at radius 2 is 1.59 bits per heavy atom. The lowest BCUT2D eigenvalue weighted by Crippen LogP contribution is -2.50. The average molecular weight is 395 g/mol. The number of nitrogens with zero attached hydrogens (tertiary/aromatic N) is 3. The van der Waals surface area contributed by atoms with Gasteiger partial charge in [0.25, 0.3) is 0 Å². The van der Waals surface area contributed by atoms with E-state index < -0.39 is 0 Å². The Labute approximate surface area is 173 Å². The Bertz CT molecular complexity index is 838. The summed E-state index contributed by atoms with van der Waals surface area (Å²) in [7, 11) is 1.70. The molecule has 1 N–H and O–H groups in total. The number of aryl methyl sites for hydroxylation is 1. The van der Waals surface area contributed by atoms with Crippen molar-refractivity contribution in [2.75, 3.05) is 61.5 Å². The monoisotopic (exact) mass is 394 g/mol. The number of hydrogen-bond donors (Lipinski definition) is 1.